The predicted octanol–water partition coefficient (Wildman–Crippen LogP) is 1.53. The molecule has 1 saturated heterocycles. The minimum absolute atomic E-state index is 0.0391. The van der Waals surface area contributed by atoms with E-state index in [1.54, 1.807) is 22.0 Å². The molecule has 7 heteroatoms. The topological polar surface area (TPSA) is 69.5 Å². The third kappa shape index (κ3) is 3.73. The summed E-state index contributed by atoms with van der Waals surface area (Å²) in [5, 5.41) is 4.35. The average molecular weight is 330 g/mol. The van der Waals surface area contributed by atoms with Gasteiger partial charge in [0, 0.05) is 19.3 Å². The van der Waals surface area contributed by atoms with Gasteiger partial charge >= 0.3 is 0 Å². The van der Waals surface area contributed by atoms with Gasteiger partial charge < -0.3 is 14.4 Å². The summed E-state index contributed by atoms with van der Waals surface area (Å²) in [5.74, 6) is 0.637. The van der Waals surface area contributed by atoms with E-state index in [0.29, 0.717) is 44.3 Å². The molecule has 0 radical (unpaired) electrons. The fourth-order valence-electron chi connectivity index (χ4n) is 2.77. The quantitative estimate of drug-likeness (QED) is 0.850. The highest BCUT2D eigenvalue weighted by molar-refractivity contribution is 5.92. The van der Waals surface area contributed by atoms with Crippen LogP contribution >= 0.6 is 0 Å². The standard InChI is InChI=1S/C17H22N4O3/c1-3-21-16(9-13(2)19-21)17(22)20-7-8-23-12-15(11-20)24-14-5-4-6-18-10-14/h4-6,9-10,15H,3,7-8,11-12H2,1-2H3/t15-/m1/s1. The summed E-state index contributed by atoms with van der Waals surface area (Å²) in [7, 11) is 0. The van der Waals surface area contributed by atoms with Crippen molar-refractivity contribution in [1.29, 1.82) is 0 Å². The van der Waals surface area contributed by atoms with E-state index in [1.807, 2.05) is 32.0 Å². The lowest BCUT2D eigenvalue weighted by Crippen LogP contribution is -2.40. The van der Waals surface area contributed by atoms with Crippen LogP contribution in [-0.4, -0.2) is 58.0 Å². The van der Waals surface area contributed by atoms with E-state index in [-0.39, 0.29) is 12.0 Å². The van der Waals surface area contributed by atoms with Crippen LogP contribution in [0.5, 0.6) is 5.75 Å². The van der Waals surface area contributed by atoms with E-state index >= 15 is 0 Å². The first-order valence-corrected chi connectivity index (χ1v) is 8.15. The molecule has 2 aromatic heterocycles. The number of rotatable bonds is 4. The molecule has 3 rings (SSSR count). The normalized spacial score (nSPS) is 18.2. The zero-order chi connectivity index (χ0) is 16.9. The van der Waals surface area contributed by atoms with Gasteiger partial charge in [-0.3, -0.25) is 14.5 Å². The zero-order valence-electron chi connectivity index (χ0n) is 14.0. The van der Waals surface area contributed by atoms with Crippen LogP contribution in [0.25, 0.3) is 0 Å². The molecule has 1 amide bonds. The van der Waals surface area contributed by atoms with Crippen molar-refractivity contribution in [1.82, 2.24) is 19.7 Å². The van der Waals surface area contributed by atoms with Crippen molar-refractivity contribution in [2.24, 2.45) is 0 Å². The fourth-order valence-corrected chi connectivity index (χ4v) is 2.77. The second-order valence-electron chi connectivity index (χ2n) is 5.74. The molecule has 128 valence electrons. The summed E-state index contributed by atoms with van der Waals surface area (Å²) >= 11 is 0. The molecule has 3 heterocycles. The Labute approximate surface area is 141 Å². The number of aromatic nitrogens is 3. The number of carbonyl (C=O) groups is 1. The molecule has 24 heavy (non-hydrogen) atoms. The van der Waals surface area contributed by atoms with Crippen molar-refractivity contribution in [2.45, 2.75) is 26.5 Å². The number of aryl methyl sites for hydroxylation is 2. The summed E-state index contributed by atoms with van der Waals surface area (Å²) < 4.78 is 13.2. The van der Waals surface area contributed by atoms with E-state index in [9.17, 15) is 4.79 Å². The second kappa shape index (κ2) is 7.44. The van der Waals surface area contributed by atoms with Crippen LogP contribution in [0.2, 0.25) is 0 Å². The number of pyridine rings is 1. The van der Waals surface area contributed by atoms with Gasteiger partial charge in [-0.05, 0) is 32.0 Å². The van der Waals surface area contributed by atoms with Crippen molar-refractivity contribution < 1.29 is 14.3 Å². The van der Waals surface area contributed by atoms with E-state index < -0.39 is 0 Å². The number of carbonyl (C=O) groups excluding carboxylic acids is 1. The number of amides is 1. The highest BCUT2D eigenvalue weighted by Gasteiger charge is 2.26. The molecular formula is C17H22N4O3. The minimum Gasteiger partial charge on any atom is -0.485 e. The molecule has 1 aliphatic rings. The monoisotopic (exact) mass is 330 g/mol. The molecule has 0 bridgehead atoms. The van der Waals surface area contributed by atoms with E-state index in [4.69, 9.17) is 9.47 Å². The minimum atomic E-state index is -0.222. The van der Waals surface area contributed by atoms with Gasteiger partial charge in [-0.15, -0.1) is 0 Å². The summed E-state index contributed by atoms with van der Waals surface area (Å²) in [6, 6.07) is 5.49. The van der Waals surface area contributed by atoms with E-state index in [2.05, 4.69) is 10.1 Å². The first-order valence-electron chi connectivity index (χ1n) is 8.15. The van der Waals surface area contributed by atoms with Gasteiger partial charge in [0.05, 0.1) is 31.6 Å². The van der Waals surface area contributed by atoms with Gasteiger partial charge in [0.15, 0.2) is 0 Å². The Hall–Kier alpha value is -2.41. The van der Waals surface area contributed by atoms with Gasteiger partial charge in [0.25, 0.3) is 5.91 Å². The third-order valence-corrected chi connectivity index (χ3v) is 3.88. The Kier molecular flexibility index (Phi) is 5.10. The molecule has 2 aromatic rings. The Morgan fingerprint density at radius 3 is 3.12 bits per heavy atom. The van der Waals surface area contributed by atoms with Crippen LogP contribution < -0.4 is 4.74 Å². The Morgan fingerprint density at radius 1 is 1.50 bits per heavy atom. The van der Waals surface area contributed by atoms with Gasteiger partial charge in [-0.1, -0.05) is 0 Å². The molecule has 0 spiro atoms. The van der Waals surface area contributed by atoms with Crippen molar-refractivity contribution in [3.05, 3.63) is 42.0 Å². The second-order valence-corrected chi connectivity index (χ2v) is 5.74. The molecule has 1 fully saturated rings. The number of ether oxygens (including phenoxy) is 2. The Balaban J connectivity index is 1.73. The molecule has 0 aliphatic carbocycles. The maximum atomic E-state index is 12.9. The smallest absolute Gasteiger partial charge is 0.272 e. The number of nitrogens with zero attached hydrogens (tertiary/aromatic N) is 4. The number of hydrogen-bond acceptors (Lipinski definition) is 5. The summed E-state index contributed by atoms with van der Waals surface area (Å²) in [6.45, 7) is 6.49. The summed E-state index contributed by atoms with van der Waals surface area (Å²) in [5.41, 5.74) is 1.45. The van der Waals surface area contributed by atoms with Crippen molar-refractivity contribution in [3.8, 4) is 5.75 Å². The van der Waals surface area contributed by atoms with Crippen LogP contribution in [0.3, 0.4) is 0 Å². The first-order chi connectivity index (χ1) is 11.7. The lowest BCUT2D eigenvalue weighted by Gasteiger charge is -2.24. The molecular weight excluding hydrogens is 308 g/mol. The molecule has 0 N–H and O–H groups in total. The van der Waals surface area contributed by atoms with E-state index in [1.165, 1.54) is 0 Å². The van der Waals surface area contributed by atoms with Crippen molar-refractivity contribution >= 4 is 5.91 Å². The maximum absolute atomic E-state index is 12.9. The number of hydrogen-bond donors (Lipinski definition) is 0. The SMILES string of the molecule is CCn1nc(C)cc1C(=O)N1CCOC[C@H](Oc2cccnc2)C1. The molecule has 0 saturated carbocycles. The third-order valence-electron chi connectivity index (χ3n) is 3.88. The van der Waals surface area contributed by atoms with Crippen LogP contribution in [0.1, 0.15) is 23.1 Å². The molecule has 7 nitrogen and oxygen atoms in total. The summed E-state index contributed by atoms with van der Waals surface area (Å²) in [6.07, 6.45) is 3.13. The zero-order valence-corrected chi connectivity index (χ0v) is 14.0. The van der Waals surface area contributed by atoms with Gasteiger partial charge in [-0.2, -0.15) is 5.10 Å². The molecule has 1 aliphatic heterocycles. The Bertz CT molecular complexity index is 686. The highest BCUT2D eigenvalue weighted by Crippen LogP contribution is 2.15. The maximum Gasteiger partial charge on any atom is 0.272 e. The fraction of sp³-hybridized carbons (Fsp3) is 0.471. The molecule has 0 aromatic carbocycles. The average Bonchev–Trinajstić information content (AvgIpc) is 2.82. The first kappa shape index (κ1) is 16.4. The highest BCUT2D eigenvalue weighted by atomic mass is 16.5. The van der Waals surface area contributed by atoms with Crippen LogP contribution in [0.4, 0.5) is 0 Å². The Morgan fingerprint density at radius 2 is 2.38 bits per heavy atom. The molecule has 0 unspecified atom stereocenters. The van der Waals surface area contributed by atoms with Crippen LogP contribution in [0, 0.1) is 6.92 Å². The largest absolute Gasteiger partial charge is 0.485 e. The molecule has 1 atom stereocenters. The lowest BCUT2D eigenvalue weighted by molar-refractivity contribution is 0.0644. The predicted molar refractivity (Wildman–Crippen MR) is 88.0 cm³/mol. The van der Waals surface area contributed by atoms with Crippen molar-refractivity contribution in [2.75, 3.05) is 26.3 Å². The lowest BCUT2D eigenvalue weighted by atomic mass is 10.2. The van der Waals surface area contributed by atoms with Crippen LogP contribution in [0.15, 0.2) is 30.6 Å². The van der Waals surface area contributed by atoms with Gasteiger partial charge in [-0.25, -0.2) is 0 Å². The van der Waals surface area contributed by atoms with Gasteiger partial charge in [0.1, 0.15) is 17.5 Å². The summed E-state index contributed by atoms with van der Waals surface area (Å²) in [4.78, 5) is 18.7. The van der Waals surface area contributed by atoms with E-state index in [0.717, 1.165) is 5.69 Å². The van der Waals surface area contributed by atoms with Gasteiger partial charge in [0.2, 0.25) is 0 Å². The van der Waals surface area contributed by atoms with Crippen LogP contribution in [-0.2, 0) is 11.3 Å². The van der Waals surface area contributed by atoms with Crippen molar-refractivity contribution in [3.63, 3.8) is 0 Å².